The lowest BCUT2D eigenvalue weighted by atomic mass is 9.84. The molecule has 0 saturated heterocycles. The average Bonchev–Trinajstić information content (AvgIpc) is 3.12. The zero-order valence-corrected chi connectivity index (χ0v) is 20.0. The van der Waals surface area contributed by atoms with E-state index in [-0.39, 0.29) is 23.2 Å². The van der Waals surface area contributed by atoms with E-state index in [9.17, 15) is 15.0 Å². The number of ether oxygens (including phenoxy) is 1. The topological polar surface area (TPSA) is 66.8 Å². The Hall–Kier alpha value is -2.14. The van der Waals surface area contributed by atoms with E-state index in [0.29, 0.717) is 19.3 Å². The molecule has 1 saturated carbocycles. The number of allylic oxidation sites excluding steroid dienone is 2. The minimum Gasteiger partial charge on any atom is -0.469 e. The normalized spacial score (nSPS) is 23.6. The Morgan fingerprint density at radius 3 is 2.58 bits per heavy atom. The summed E-state index contributed by atoms with van der Waals surface area (Å²) in [4.78, 5) is 11.2. The maximum absolute atomic E-state index is 11.2. The highest BCUT2D eigenvalue weighted by Gasteiger charge is 2.41. The van der Waals surface area contributed by atoms with Crippen LogP contribution in [0.1, 0.15) is 67.2 Å². The molecule has 1 aliphatic carbocycles. The average molecular weight is 471 g/mol. The van der Waals surface area contributed by atoms with Crippen molar-refractivity contribution in [3.63, 3.8) is 0 Å². The van der Waals surface area contributed by atoms with E-state index in [2.05, 4.69) is 29.0 Å². The number of benzene rings is 2. The smallest absolute Gasteiger partial charge is 0.305 e. The summed E-state index contributed by atoms with van der Waals surface area (Å²) in [7, 11) is 1.41. The van der Waals surface area contributed by atoms with Gasteiger partial charge in [0.15, 0.2) is 0 Å². The van der Waals surface area contributed by atoms with Crippen molar-refractivity contribution in [2.75, 3.05) is 7.11 Å². The molecule has 1 fully saturated rings. The van der Waals surface area contributed by atoms with E-state index >= 15 is 0 Å². The third-order valence-corrected chi connectivity index (χ3v) is 7.12. The molecule has 33 heavy (non-hydrogen) atoms. The number of aliphatic hydroxyl groups is 2. The molecule has 178 valence electrons. The van der Waals surface area contributed by atoms with Crippen LogP contribution in [0.15, 0.2) is 66.7 Å². The van der Waals surface area contributed by atoms with Gasteiger partial charge in [0.05, 0.1) is 19.3 Å². The summed E-state index contributed by atoms with van der Waals surface area (Å²) >= 11 is 6.60. The Morgan fingerprint density at radius 2 is 1.88 bits per heavy atom. The van der Waals surface area contributed by atoms with Crippen molar-refractivity contribution in [2.24, 2.45) is 5.92 Å². The van der Waals surface area contributed by atoms with Crippen LogP contribution in [0.2, 0.25) is 0 Å². The van der Waals surface area contributed by atoms with Crippen molar-refractivity contribution in [3.8, 4) is 0 Å². The van der Waals surface area contributed by atoms with Gasteiger partial charge in [0.2, 0.25) is 0 Å². The number of hydrogen-bond donors (Lipinski definition) is 2. The highest BCUT2D eigenvalue weighted by molar-refractivity contribution is 6.21. The molecule has 2 aromatic rings. The first kappa shape index (κ1) is 25.5. The predicted octanol–water partition coefficient (Wildman–Crippen LogP) is 5.71. The maximum Gasteiger partial charge on any atom is 0.305 e. The Kier molecular flexibility index (Phi) is 9.98. The summed E-state index contributed by atoms with van der Waals surface area (Å²) in [6.07, 6.45) is 8.07. The second kappa shape index (κ2) is 12.9. The van der Waals surface area contributed by atoms with Crippen LogP contribution in [0.25, 0.3) is 0 Å². The maximum atomic E-state index is 11.2. The van der Waals surface area contributed by atoms with E-state index in [1.54, 1.807) is 0 Å². The van der Waals surface area contributed by atoms with Gasteiger partial charge in [0.1, 0.15) is 0 Å². The van der Waals surface area contributed by atoms with Crippen LogP contribution in [0.4, 0.5) is 0 Å². The van der Waals surface area contributed by atoms with Crippen molar-refractivity contribution in [1.82, 2.24) is 0 Å². The van der Waals surface area contributed by atoms with Crippen molar-refractivity contribution < 1.29 is 19.7 Å². The largest absolute Gasteiger partial charge is 0.469 e. The van der Waals surface area contributed by atoms with Crippen LogP contribution in [-0.4, -0.2) is 34.8 Å². The molecular weight excluding hydrogens is 436 g/mol. The summed E-state index contributed by atoms with van der Waals surface area (Å²) < 4.78 is 4.66. The van der Waals surface area contributed by atoms with E-state index < -0.39 is 12.2 Å². The van der Waals surface area contributed by atoms with Gasteiger partial charge in [-0.1, -0.05) is 66.7 Å². The third kappa shape index (κ3) is 7.43. The molecule has 1 aliphatic rings. The molecular formula is C28H35ClO4. The highest BCUT2D eigenvalue weighted by Crippen LogP contribution is 2.45. The van der Waals surface area contributed by atoms with Crippen LogP contribution in [0.5, 0.6) is 0 Å². The molecule has 2 aromatic carbocycles. The number of rotatable bonds is 11. The second-order valence-corrected chi connectivity index (χ2v) is 9.45. The fraction of sp³-hybridized carbons (Fsp3) is 0.464. The highest BCUT2D eigenvalue weighted by atomic mass is 35.5. The van der Waals surface area contributed by atoms with Crippen molar-refractivity contribution in [3.05, 3.63) is 83.4 Å². The third-order valence-electron chi connectivity index (χ3n) is 6.62. The number of hydrogen-bond acceptors (Lipinski definition) is 4. The summed E-state index contributed by atoms with van der Waals surface area (Å²) in [6, 6.07) is 18.2. The fourth-order valence-electron chi connectivity index (χ4n) is 4.72. The van der Waals surface area contributed by atoms with Crippen LogP contribution < -0.4 is 0 Å². The first-order valence-corrected chi connectivity index (χ1v) is 12.3. The molecule has 0 aliphatic heterocycles. The molecule has 0 bridgehead atoms. The molecule has 5 atom stereocenters. The zero-order valence-electron chi connectivity index (χ0n) is 19.3. The molecule has 4 nitrogen and oxygen atoms in total. The lowest BCUT2D eigenvalue weighted by Crippen LogP contribution is -2.18. The van der Waals surface area contributed by atoms with E-state index in [1.165, 1.54) is 12.7 Å². The number of carbonyl (C=O) groups is 1. The summed E-state index contributed by atoms with van der Waals surface area (Å²) in [6.45, 7) is 0. The van der Waals surface area contributed by atoms with Crippen LogP contribution in [0, 0.1) is 5.92 Å². The number of aliphatic hydroxyl groups excluding tert-OH is 2. The Morgan fingerprint density at radius 1 is 1.15 bits per heavy atom. The first-order chi connectivity index (χ1) is 16.0. The lowest BCUT2D eigenvalue weighted by Gasteiger charge is -2.23. The number of alkyl halides is 1. The fourth-order valence-corrected chi connectivity index (χ4v) is 5.16. The Labute approximate surface area is 202 Å². The Bertz CT molecular complexity index is 881. The minimum absolute atomic E-state index is 0.0252. The first-order valence-electron chi connectivity index (χ1n) is 11.9. The minimum atomic E-state index is -0.516. The van der Waals surface area contributed by atoms with Gasteiger partial charge in [0, 0.05) is 17.7 Å². The van der Waals surface area contributed by atoms with Gasteiger partial charge in [0.25, 0.3) is 0 Å². The van der Waals surface area contributed by atoms with Gasteiger partial charge < -0.3 is 14.9 Å². The molecule has 5 heteroatoms. The van der Waals surface area contributed by atoms with Crippen molar-refractivity contribution in [2.45, 2.75) is 68.4 Å². The number of unbranched alkanes of at least 4 members (excludes halogenated alkanes) is 1. The number of aryl methyl sites for hydroxylation is 1. The van der Waals surface area contributed by atoms with Gasteiger partial charge in [-0.25, -0.2) is 0 Å². The van der Waals surface area contributed by atoms with Crippen LogP contribution in [0.3, 0.4) is 0 Å². The number of halogens is 1. The van der Waals surface area contributed by atoms with Gasteiger partial charge in [-0.2, -0.15) is 0 Å². The predicted molar refractivity (Wildman–Crippen MR) is 132 cm³/mol. The van der Waals surface area contributed by atoms with Crippen molar-refractivity contribution in [1.29, 1.82) is 0 Å². The van der Waals surface area contributed by atoms with Crippen LogP contribution >= 0.6 is 11.6 Å². The molecule has 1 unspecified atom stereocenters. The quantitative estimate of drug-likeness (QED) is 0.191. The molecule has 0 radical (unpaired) electrons. The Balaban J connectivity index is 1.56. The summed E-state index contributed by atoms with van der Waals surface area (Å²) in [5, 5.41) is 21.2. The molecule has 0 amide bonds. The van der Waals surface area contributed by atoms with Gasteiger partial charge in [-0.3, -0.25) is 4.79 Å². The van der Waals surface area contributed by atoms with Gasteiger partial charge in [-0.05, 0) is 61.1 Å². The summed E-state index contributed by atoms with van der Waals surface area (Å²) in [5.74, 6) is -0.0630. The zero-order chi connectivity index (χ0) is 23.6. The molecule has 3 rings (SSSR count). The number of carbonyl (C=O) groups excluding carboxylic acids is 1. The lowest BCUT2D eigenvalue weighted by molar-refractivity contribution is -0.140. The molecule has 0 heterocycles. The standard InChI is InChI=1S/C28H35ClO4/c1-33-27(32)12-8-3-2-7-11-23-24(29)19-26(31)28(23)22-16-14-21(15-17-22)25(30)18-13-20-9-5-4-6-10-20/h2,4-7,9-10,14-17,23-26,28,30-31H,3,8,11-13,18-19H2,1H3/b7-2-/t23-,24+,25?,26+,28+/m0/s1. The van der Waals surface area contributed by atoms with Gasteiger partial charge >= 0.3 is 5.97 Å². The second-order valence-electron chi connectivity index (χ2n) is 8.89. The number of methoxy groups -OCH3 is 1. The van der Waals surface area contributed by atoms with Gasteiger partial charge in [-0.15, -0.1) is 11.6 Å². The summed E-state index contributed by atoms with van der Waals surface area (Å²) in [5.41, 5.74) is 3.18. The number of esters is 1. The molecule has 0 spiro atoms. The van der Waals surface area contributed by atoms with E-state index in [1.807, 2.05) is 42.5 Å². The SMILES string of the molecule is COC(=O)CCC/C=C\C[C@@H]1[C@@H](c2ccc(C(O)CCc3ccccc3)cc2)[C@H](O)C[C@H]1Cl. The van der Waals surface area contributed by atoms with E-state index in [4.69, 9.17) is 11.6 Å². The monoisotopic (exact) mass is 470 g/mol. The molecule has 2 N–H and O–H groups in total. The van der Waals surface area contributed by atoms with Crippen LogP contribution in [-0.2, 0) is 16.0 Å². The van der Waals surface area contributed by atoms with Crippen molar-refractivity contribution >= 4 is 17.6 Å². The van der Waals surface area contributed by atoms with E-state index in [0.717, 1.165) is 36.8 Å². The molecule has 0 aromatic heterocycles.